The highest BCUT2D eigenvalue weighted by molar-refractivity contribution is 7.89. The Kier molecular flexibility index (Phi) is 5.47. The zero-order valence-corrected chi connectivity index (χ0v) is 13.5. The van der Waals surface area contributed by atoms with Gasteiger partial charge in [0.25, 0.3) is 0 Å². The standard InChI is InChI=1S/C13H15Cl2N3O2S/c14-12-2-1-11(9-13(12)15)21(19,20)17-10-3-6-18(7-4-10)8-5-16/h1-2,9-10,17H,3-4,6-8H2. The van der Waals surface area contributed by atoms with Crippen molar-refractivity contribution in [2.75, 3.05) is 19.6 Å². The molecule has 0 saturated carbocycles. The average molecular weight is 348 g/mol. The molecule has 1 aromatic rings. The second-order valence-electron chi connectivity index (χ2n) is 4.91. The molecule has 0 aromatic heterocycles. The van der Waals surface area contributed by atoms with Gasteiger partial charge in [0.2, 0.25) is 10.0 Å². The summed E-state index contributed by atoms with van der Waals surface area (Å²) in [6.45, 7) is 1.80. The minimum absolute atomic E-state index is 0.108. The van der Waals surface area contributed by atoms with Gasteiger partial charge in [0, 0.05) is 19.1 Å². The van der Waals surface area contributed by atoms with Gasteiger partial charge in [-0.3, -0.25) is 4.90 Å². The van der Waals surface area contributed by atoms with E-state index in [1.807, 2.05) is 4.90 Å². The molecule has 1 saturated heterocycles. The van der Waals surface area contributed by atoms with Crippen LogP contribution >= 0.6 is 23.2 Å². The van der Waals surface area contributed by atoms with E-state index >= 15 is 0 Å². The molecule has 0 atom stereocenters. The lowest BCUT2D eigenvalue weighted by atomic mass is 10.1. The number of piperidine rings is 1. The van der Waals surface area contributed by atoms with Crippen molar-refractivity contribution < 1.29 is 8.42 Å². The summed E-state index contributed by atoms with van der Waals surface area (Å²) in [7, 11) is -3.61. The maximum absolute atomic E-state index is 12.3. The first-order chi connectivity index (χ1) is 9.92. The topological polar surface area (TPSA) is 73.2 Å². The lowest BCUT2D eigenvalue weighted by molar-refractivity contribution is 0.229. The number of sulfonamides is 1. The highest BCUT2D eigenvalue weighted by atomic mass is 35.5. The molecule has 8 heteroatoms. The first-order valence-electron chi connectivity index (χ1n) is 6.49. The maximum atomic E-state index is 12.3. The Bertz CT molecular complexity index is 650. The van der Waals surface area contributed by atoms with Crippen LogP contribution in [-0.2, 0) is 10.0 Å². The molecule has 0 unspecified atom stereocenters. The zero-order valence-electron chi connectivity index (χ0n) is 11.2. The fraction of sp³-hybridized carbons (Fsp3) is 0.462. The molecule has 0 amide bonds. The number of rotatable bonds is 4. The Morgan fingerprint density at radius 1 is 1.29 bits per heavy atom. The summed E-state index contributed by atoms with van der Waals surface area (Å²) in [5.41, 5.74) is 0. The van der Waals surface area contributed by atoms with E-state index in [1.165, 1.54) is 18.2 Å². The highest BCUT2D eigenvalue weighted by Crippen LogP contribution is 2.25. The fourth-order valence-electron chi connectivity index (χ4n) is 2.24. The van der Waals surface area contributed by atoms with Gasteiger partial charge in [0.1, 0.15) is 0 Å². The van der Waals surface area contributed by atoms with Crippen LogP contribution in [0.15, 0.2) is 23.1 Å². The minimum atomic E-state index is -3.61. The first kappa shape index (κ1) is 16.5. The number of nitrogens with one attached hydrogen (secondary N) is 1. The zero-order chi connectivity index (χ0) is 15.5. The van der Waals surface area contributed by atoms with Crippen molar-refractivity contribution in [1.82, 2.24) is 9.62 Å². The van der Waals surface area contributed by atoms with E-state index in [-0.39, 0.29) is 16.0 Å². The van der Waals surface area contributed by atoms with E-state index < -0.39 is 10.0 Å². The number of halogens is 2. The molecule has 1 aromatic carbocycles. The highest BCUT2D eigenvalue weighted by Gasteiger charge is 2.24. The second kappa shape index (κ2) is 6.95. The molecule has 0 radical (unpaired) electrons. The van der Waals surface area contributed by atoms with Crippen LogP contribution < -0.4 is 4.72 Å². The Morgan fingerprint density at radius 3 is 2.52 bits per heavy atom. The third-order valence-corrected chi connectivity index (χ3v) is 5.66. The molecule has 1 heterocycles. The Hall–Kier alpha value is -0.840. The average Bonchev–Trinajstić information content (AvgIpc) is 2.44. The normalized spacial score (nSPS) is 17.6. The molecule has 1 aliphatic heterocycles. The molecule has 1 fully saturated rings. The Balaban J connectivity index is 2.02. The van der Waals surface area contributed by atoms with E-state index in [4.69, 9.17) is 28.5 Å². The maximum Gasteiger partial charge on any atom is 0.240 e. The predicted octanol–water partition coefficient (Wildman–Crippen LogP) is 2.26. The SMILES string of the molecule is N#CCN1CCC(NS(=O)(=O)c2ccc(Cl)c(Cl)c2)CC1. The summed E-state index contributed by atoms with van der Waals surface area (Å²) in [4.78, 5) is 2.11. The number of hydrogen-bond acceptors (Lipinski definition) is 4. The summed E-state index contributed by atoms with van der Waals surface area (Å²) in [5.74, 6) is 0. The van der Waals surface area contributed by atoms with Gasteiger partial charge in [-0.15, -0.1) is 0 Å². The van der Waals surface area contributed by atoms with Crippen molar-refractivity contribution >= 4 is 33.2 Å². The third-order valence-electron chi connectivity index (χ3n) is 3.41. The van der Waals surface area contributed by atoms with Crippen molar-refractivity contribution in [3.8, 4) is 6.07 Å². The van der Waals surface area contributed by atoms with E-state index in [1.54, 1.807) is 0 Å². The number of likely N-dealkylation sites (tertiary alicyclic amines) is 1. The van der Waals surface area contributed by atoms with Crippen LogP contribution in [0.5, 0.6) is 0 Å². The largest absolute Gasteiger partial charge is 0.290 e. The van der Waals surface area contributed by atoms with Gasteiger partial charge in [-0.05, 0) is 31.0 Å². The molecule has 0 bridgehead atoms. The van der Waals surface area contributed by atoms with Crippen LogP contribution in [0, 0.1) is 11.3 Å². The lowest BCUT2D eigenvalue weighted by Gasteiger charge is -2.30. The van der Waals surface area contributed by atoms with Crippen LogP contribution in [0.2, 0.25) is 10.0 Å². The number of nitriles is 1. The van der Waals surface area contributed by atoms with Gasteiger partial charge < -0.3 is 0 Å². The van der Waals surface area contributed by atoms with Crippen LogP contribution in [0.1, 0.15) is 12.8 Å². The molecular weight excluding hydrogens is 333 g/mol. The van der Waals surface area contributed by atoms with Gasteiger partial charge in [-0.1, -0.05) is 23.2 Å². The Morgan fingerprint density at radius 2 is 1.95 bits per heavy atom. The molecule has 21 heavy (non-hydrogen) atoms. The lowest BCUT2D eigenvalue weighted by Crippen LogP contribution is -2.44. The quantitative estimate of drug-likeness (QED) is 0.847. The summed E-state index contributed by atoms with van der Waals surface area (Å²) in [5, 5.41) is 9.17. The minimum Gasteiger partial charge on any atom is -0.290 e. The van der Waals surface area contributed by atoms with E-state index in [2.05, 4.69) is 10.8 Å². The molecule has 1 N–H and O–H groups in total. The van der Waals surface area contributed by atoms with E-state index in [0.717, 1.165) is 0 Å². The summed E-state index contributed by atoms with van der Waals surface area (Å²) < 4.78 is 27.3. The summed E-state index contributed by atoms with van der Waals surface area (Å²) in [6, 6.07) is 6.21. The van der Waals surface area contributed by atoms with Crippen molar-refractivity contribution in [3.63, 3.8) is 0 Å². The second-order valence-corrected chi connectivity index (χ2v) is 7.43. The first-order valence-corrected chi connectivity index (χ1v) is 8.73. The third kappa shape index (κ3) is 4.31. The molecule has 114 valence electrons. The van der Waals surface area contributed by atoms with Gasteiger partial charge in [-0.2, -0.15) is 5.26 Å². The van der Waals surface area contributed by atoms with Crippen LogP contribution in [0.25, 0.3) is 0 Å². The van der Waals surface area contributed by atoms with Crippen molar-refractivity contribution in [1.29, 1.82) is 5.26 Å². The van der Waals surface area contributed by atoms with E-state index in [0.29, 0.717) is 37.5 Å². The molecule has 2 rings (SSSR count). The number of hydrogen-bond donors (Lipinski definition) is 1. The monoisotopic (exact) mass is 347 g/mol. The van der Waals surface area contributed by atoms with Crippen LogP contribution in [0.4, 0.5) is 0 Å². The molecule has 0 aliphatic carbocycles. The van der Waals surface area contributed by atoms with Gasteiger partial charge >= 0.3 is 0 Å². The Labute approximate surface area is 134 Å². The fourth-order valence-corrected chi connectivity index (χ4v) is 3.93. The van der Waals surface area contributed by atoms with Crippen LogP contribution in [-0.4, -0.2) is 39.0 Å². The van der Waals surface area contributed by atoms with Crippen molar-refractivity contribution in [2.45, 2.75) is 23.8 Å². The van der Waals surface area contributed by atoms with Gasteiger partial charge in [-0.25, -0.2) is 13.1 Å². The van der Waals surface area contributed by atoms with Gasteiger partial charge in [0.15, 0.2) is 0 Å². The molecular formula is C13H15Cl2N3O2S. The van der Waals surface area contributed by atoms with Crippen molar-refractivity contribution in [2.24, 2.45) is 0 Å². The summed E-state index contributed by atoms with van der Waals surface area (Å²) >= 11 is 11.6. The summed E-state index contributed by atoms with van der Waals surface area (Å²) in [6.07, 6.45) is 1.37. The predicted molar refractivity (Wildman–Crippen MR) is 81.9 cm³/mol. The van der Waals surface area contributed by atoms with Gasteiger partial charge in [0.05, 0.1) is 27.6 Å². The van der Waals surface area contributed by atoms with Crippen LogP contribution in [0.3, 0.4) is 0 Å². The number of nitrogens with zero attached hydrogens (tertiary/aromatic N) is 2. The molecule has 1 aliphatic rings. The molecule has 5 nitrogen and oxygen atoms in total. The van der Waals surface area contributed by atoms with Crippen molar-refractivity contribution in [3.05, 3.63) is 28.2 Å². The number of benzene rings is 1. The molecule has 0 spiro atoms. The van der Waals surface area contributed by atoms with E-state index in [9.17, 15) is 8.42 Å². The smallest absolute Gasteiger partial charge is 0.240 e.